The van der Waals surface area contributed by atoms with Crippen LogP contribution in [0.4, 0.5) is 0 Å². The number of amides is 1. The smallest absolute Gasteiger partial charge is 0.230 e. The third-order valence-corrected chi connectivity index (χ3v) is 4.12. The largest absolute Gasteiger partial charge is 0.353 e. The number of thioether (sulfide) groups is 1. The van der Waals surface area contributed by atoms with E-state index in [1.807, 2.05) is 12.1 Å². The molecule has 0 heterocycles. The van der Waals surface area contributed by atoms with Gasteiger partial charge in [-0.2, -0.15) is 0 Å². The lowest BCUT2D eigenvalue weighted by Crippen LogP contribution is -2.33. The number of nitrogens with one attached hydrogen (secondary N) is 1. The van der Waals surface area contributed by atoms with Gasteiger partial charge in [0.05, 0.1) is 5.75 Å². The Morgan fingerprint density at radius 2 is 1.94 bits per heavy atom. The van der Waals surface area contributed by atoms with Crippen LogP contribution in [-0.4, -0.2) is 24.0 Å². The summed E-state index contributed by atoms with van der Waals surface area (Å²) in [5.74, 6) is 0.545. The third kappa shape index (κ3) is 3.88. The minimum absolute atomic E-state index is 0.103. The minimum Gasteiger partial charge on any atom is -0.353 e. The van der Waals surface area contributed by atoms with E-state index >= 15 is 0 Å². The molecule has 0 radical (unpaired) electrons. The maximum atomic E-state index is 11.7. The topological polar surface area (TPSA) is 46.2 Å². The fourth-order valence-electron chi connectivity index (χ4n) is 2.13. The van der Waals surface area contributed by atoms with Crippen molar-refractivity contribution >= 4 is 24.0 Å². The van der Waals surface area contributed by atoms with Gasteiger partial charge >= 0.3 is 0 Å². The van der Waals surface area contributed by atoms with Crippen LogP contribution in [0.25, 0.3) is 0 Å². The SMILES string of the molecule is O=Cc1ccc(SCC(=O)NC2CCCC2)cc1. The molecule has 0 atom stereocenters. The molecule has 0 aliphatic heterocycles. The number of carbonyl (C=O) groups is 2. The normalized spacial score (nSPS) is 15.6. The zero-order valence-electron chi connectivity index (χ0n) is 10.2. The van der Waals surface area contributed by atoms with Crippen LogP contribution in [-0.2, 0) is 4.79 Å². The van der Waals surface area contributed by atoms with Gasteiger partial charge in [-0.3, -0.25) is 9.59 Å². The first-order valence-corrected chi connectivity index (χ1v) is 7.24. The monoisotopic (exact) mass is 263 g/mol. The summed E-state index contributed by atoms with van der Waals surface area (Å²) < 4.78 is 0. The molecule has 1 aromatic rings. The molecule has 2 rings (SSSR count). The van der Waals surface area contributed by atoms with Crippen LogP contribution >= 0.6 is 11.8 Å². The van der Waals surface area contributed by atoms with Crippen LogP contribution in [0.2, 0.25) is 0 Å². The van der Waals surface area contributed by atoms with E-state index in [9.17, 15) is 9.59 Å². The highest BCUT2D eigenvalue weighted by Gasteiger charge is 2.16. The van der Waals surface area contributed by atoms with Crippen molar-refractivity contribution in [3.05, 3.63) is 29.8 Å². The van der Waals surface area contributed by atoms with Crippen molar-refractivity contribution in [3.8, 4) is 0 Å². The quantitative estimate of drug-likeness (QED) is 0.656. The Morgan fingerprint density at radius 1 is 1.28 bits per heavy atom. The van der Waals surface area contributed by atoms with Gasteiger partial charge in [0.15, 0.2) is 0 Å². The van der Waals surface area contributed by atoms with Crippen molar-refractivity contribution in [1.82, 2.24) is 5.32 Å². The van der Waals surface area contributed by atoms with Crippen molar-refractivity contribution < 1.29 is 9.59 Å². The Balaban J connectivity index is 1.75. The second-order valence-corrected chi connectivity index (χ2v) is 5.57. The first kappa shape index (κ1) is 13.1. The van der Waals surface area contributed by atoms with E-state index < -0.39 is 0 Å². The van der Waals surface area contributed by atoms with Crippen molar-refractivity contribution in [2.24, 2.45) is 0 Å². The molecule has 1 saturated carbocycles. The molecule has 1 aromatic carbocycles. The van der Waals surface area contributed by atoms with E-state index in [1.54, 1.807) is 12.1 Å². The molecule has 1 N–H and O–H groups in total. The fourth-order valence-corrected chi connectivity index (χ4v) is 2.84. The molecule has 1 amide bonds. The van der Waals surface area contributed by atoms with E-state index in [2.05, 4.69) is 5.32 Å². The summed E-state index contributed by atoms with van der Waals surface area (Å²) in [7, 11) is 0. The van der Waals surface area contributed by atoms with Crippen LogP contribution in [0, 0.1) is 0 Å². The summed E-state index contributed by atoms with van der Waals surface area (Å²) in [6.45, 7) is 0. The van der Waals surface area contributed by atoms with Crippen molar-refractivity contribution in [1.29, 1.82) is 0 Å². The van der Waals surface area contributed by atoms with E-state index in [1.165, 1.54) is 24.6 Å². The van der Waals surface area contributed by atoms with E-state index in [0.29, 0.717) is 17.4 Å². The summed E-state index contributed by atoms with van der Waals surface area (Å²) in [6, 6.07) is 7.67. The third-order valence-electron chi connectivity index (χ3n) is 3.11. The first-order valence-electron chi connectivity index (χ1n) is 6.25. The average Bonchev–Trinajstić information content (AvgIpc) is 2.90. The second kappa shape index (κ2) is 6.59. The predicted octanol–water partition coefficient (Wildman–Crippen LogP) is 2.65. The Kier molecular flexibility index (Phi) is 4.81. The fraction of sp³-hybridized carbons (Fsp3) is 0.429. The molecule has 1 aliphatic rings. The van der Waals surface area contributed by atoms with Crippen molar-refractivity contribution in [2.45, 2.75) is 36.6 Å². The Hall–Kier alpha value is -1.29. The Bertz CT molecular complexity index is 410. The van der Waals surface area contributed by atoms with Gasteiger partial charge in [0.2, 0.25) is 5.91 Å². The molecule has 1 aliphatic carbocycles. The van der Waals surface area contributed by atoms with E-state index in [4.69, 9.17) is 0 Å². The standard InChI is InChI=1S/C14H17NO2S/c16-9-11-5-7-13(8-6-11)18-10-14(17)15-12-3-1-2-4-12/h5-9,12H,1-4,10H2,(H,15,17). The minimum atomic E-state index is 0.103. The molecule has 18 heavy (non-hydrogen) atoms. The molecule has 96 valence electrons. The molecule has 0 spiro atoms. The van der Waals surface area contributed by atoms with E-state index in [-0.39, 0.29) is 5.91 Å². The average molecular weight is 263 g/mol. The van der Waals surface area contributed by atoms with Crippen LogP contribution in [0.3, 0.4) is 0 Å². The van der Waals surface area contributed by atoms with Crippen LogP contribution < -0.4 is 5.32 Å². The summed E-state index contributed by atoms with van der Waals surface area (Å²) in [6.07, 6.45) is 5.51. The molecule has 0 aromatic heterocycles. The lowest BCUT2D eigenvalue weighted by molar-refractivity contribution is -0.119. The van der Waals surface area contributed by atoms with Gasteiger partial charge in [-0.25, -0.2) is 0 Å². The highest BCUT2D eigenvalue weighted by atomic mass is 32.2. The Labute approximate surface area is 111 Å². The number of benzene rings is 1. The lowest BCUT2D eigenvalue weighted by atomic mass is 10.2. The van der Waals surface area contributed by atoms with E-state index in [0.717, 1.165) is 24.0 Å². The molecule has 0 bridgehead atoms. The van der Waals surface area contributed by atoms with Crippen LogP contribution in [0.15, 0.2) is 29.2 Å². The highest BCUT2D eigenvalue weighted by Crippen LogP contribution is 2.20. The molecular weight excluding hydrogens is 246 g/mol. The molecule has 1 fully saturated rings. The number of rotatable bonds is 5. The molecule has 3 nitrogen and oxygen atoms in total. The van der Waals surface area contributed by atoms with Gasteiger partial charge < -0.3 is 5.32 Å². The zero-order chi connectivity index (χ0) is 12.8. The van der Waals surface area contributed by atoms with Crippen molar-refractivity contribution in [3.63, 3.8) is 0 Å². The summed E-state index contributed by atoms with van der Waals surface area (Å²) in [5, 5.41) is 3.06. The number of hydrogen-bond donors (Lipinski definition) is 1. The Morgan fingerprint density at radius 3 is 2.56 bits per heavy atom. The maximum absolute atomic E-state index is 11.7. The van der Waals surface area contributed by atoms with Gasteiger partial charge in [-0.15, -0.1) is 11.8 Å². The summed E-state index contributed by atoms with van der Waals surface area (Å²) in [5.41, 5.74) is 0.662. The van der Waals surface area contributed by atoms with Crippen LogP contribution in [0.1, 0.15) is 36.0 Å². The molecular formula is C14H17NO2S. The van der Waals surface area contributed by atoms with Gasteiger partial charge in [0.1, 0.15) is 6.29 Å². The predicted molar refractivity (Wildman–Crippen MR) is 73.0 cm³/mol. The van der Waals surface area contributed by atoms with Crippen molar-refractivity contribution in [2.75, 3.05) is 5.75 Å². The number of aldehydes is 1. The molecule has 0 unspecified atom stereocenters. The molecule has 0 saturated heterocycles. The number of hydrogen-bond acceptors (Lipinski definition) is 3. The number of carbonyl (C=O) groups excluding carboxylic acids is 2. The van der Waals surface area contributed by atoms with Gasteiger partial charge in [-0.05, 0) is 25.0 Å². The van der Waals surface area contributed by atoms with Crippen LogP contribution in [0.5, 0.6) is 0 Å². The second-order valence-electron chi connectivity index (χ2n) is 4.52. The highest BCUT2D eigenvalue weighted by molar-refractivity contribution is 8.00. The first-order chi connectivity index (χ1) is 8.78. The molecule has 4 heteroatoms. The van der Waals surface area contributed by atoms with Gasteiger partial charge in [-0.1, -0.05) is 25.0 Å². The summed E-state index contributed by atoms with van der Waals surface area (Å²) >= 11 is 1.50. The van der Waals surface area contributed by atoms with Gasteiger partial charge in [0.25, 0.3) is 0 Å². The zero-order valence-corrected chi connectivity index (χ0v) is 11.0. The maximum Gasteiger partial charge on any atom is 0.230 e. The summed E-state index contributed by atoms with van der Waals surface area (Å²) in [4.78, 5) is 23.2. The van der Waals surface area contributed by atoms with Gasteiger partial charge in [0, 0.05) is 16.5 Å². The lowest BCUT2D eigenvalue weighted by Gasteiger charge is -2.11.